The van der Waals surface area contributed by atoms with E-state index in [-0.39, 0.29) is 11.8 Å². The lowest BCUT2D eigenvalue weighted by atomic mass is 10.3. The van der Waals surface area contributed by atoms with Gasteiger partial charge in [-0.2, -0.15) is 0 Å². The van der Waals surface area contributed by atoms with E-state index >= 15 is 0 Å². The van der Waals surface area contributed by atoms with E-state index in [0.29, 0.717) is 38.6 Å². The normalized spacial score (nSPS) is 15.6. The molecule has 0 spiro atoms. The predicted molar refractivity (Wildman–Crippen MR) is 71.7 cm³/mol. The van der Waals surface area contributed by atoms with E-state index in [4.69, 9.17) is 4.74 Å². The van der Waals surface area contributed by atoms with Gasteiger partial charge in [-0.05, 0) is 19.1 Å². The van der Waals surface area contributed by atoms with Crippen molar-refractivity contribution in [1.29, 1.82) is 0 Å². The average molecular weight is 319 g/mol. The fourth-order valence-corrected chi connectivity index (χ4v) is 2.09. The number of aromatic nitrogens is 1. The summed E-state index contributed by atoms with van der Waals surface area (Å²) in [6, 6.07) is 2.68. The van der Waals surface area contributed by atoms with Crippen LogP contribution in [0.3, 0.4) is 0 Å². The van der Waals surface area contributed by atoms with Gasteiger partial charge >= 0.3 is 12.5 Å². The highest BCUT2D eigenvalue weighted by Gasteiger charge is 2.31. The minimum Gasteiger partial charge on any atom is -0.450 e. The Morgan fingerprint density at radius 1 is 1.27 bits per heavy atom. The molecule has 0 N–H and O–H groups in total. The maximum absolute atomic E-state index is 12.1. The van der Waals surface area contributed by atoms with Crippen LogP contribution in [0.15, 0.2) is 18.3 Å². The molecule has 1 fully saturated rings. The third kappa shape index (κ3) is 4.40. The zero-order valence-electron chi connectivity index (χ0n) is 12.0. The fourth-order valence-electron chi connectivity index (χ4n) is 2.09. The van der Waals surface area contributed by atoms with Crippen molar-refractivity contribution in [1.82, 2.24) is 9.88 Å². The molecule has 0 saturated carbocycles. The molecular formula is C13H16F3N3O3. The van der Waals surface area contributed by atoms with Gasteiger partial charge in [0.05, 0.1) is 12.8 Å². The van der Waals surface area contributed by atoms with Crippen molar-refractivity contribution >= 4 is 11.9 Å². The molecule has 0 atom stereocenters. The number of nitrogens with zero attached hydrogens (tertiary/aromatic N) is 3. The molecule has 22 heavy (non-hydrogen) atoms. The van der Waals surface area contributed by atoms with Crippen molar-refractivity contribution < 1.29 is 27.4 Å². The molecular weight excluding hydrogens is 303 g/mol. The Bertz CT molecular complexity index is 499. The molecule has 1 aromatic rings. The summed E-state index contributed by atoms with van der Waals surface area (Å²) >= 11 is 0. The molecule has 1 aromatic heterocycles. The van der Waals surface area contributed by atoms with Crippen LogP contribution in [0.5, 0.6) is 5.75 Å². The molecule has 0 unspecified atom stereocenters. The van der Waals surface area contributed by atoms with Gasteiger partial charge in [0.2, 0.25) is 0 Å². The molecule has 122 valence electrons. The molecule has 0 radical (unpaired) electrons. The smallest absolute Gasteiger partial charge is 0.450 e. The molecule has 9 heteroatoms. The largest absolute Gasteiger partial charge is 0.573 e. The van der Waals surface area contributed by atoms with Gasteiger partial charge < -0.3 is 19.3 Å². The van der Waals surface area contributed by atoms with Gasteiger partial charge in [-0.1, -0.05) is 0 Å². The predicted octanol–water partition coefficient (Wildman–Crippen LogP) is 2.26. The summed E-state index contributed by atoms with van der Waals surface area (Å²) in [7, 11) is 0. The number of ether oxygens (including phenoxy) is 2. The monoisotopic (exact) mass is 319 g/mol. The van der Waals surface area contributed by atoms with Gasteiger partial charge in [-0.15, -0.1) is 13.2 Å². The number of hydrogen-bond donors (Lipinski definition) is 0. The summed E-state index contributed by atoms with van der Waals surface area (Å²) in [5.41, 5.74) is 0. The molecule has 2 rings (SSSR count). The van der Waals surface area contributed by atoms with Crippen LogP contribution in [-0.2, 0) is 4.74 Å². The van der Waals surface area contributed by atoms with E-state index in [1.165, 1.54) is 12.1 Å². The maximum Gasteiger partial charge on any atom is 0.573 e. The van der Waals surface area contributed by atoms with Crippen molar-refractivity contribution in [3.63, 3.8) is 0 Å². The standard InChI is InChI=1S/C13H16F3N3O3/c1-2-21-12(20)19-7-5-18(6-8-19)11-4-3-10(9-17-11)22-13(14,15)16/h3-4,9H,2,5-8H2,1H3. The first-order chi connectivity index (χ1) is 10.4. The molecule has 1 amide bonds. The Morgan fingerprint density at radius 3 is 2.45 bits per heavy atom. The third-order valence-corrected chi connectivity index (χ3v) is 3.08. The van der Waals surface area contributed by atoms with Gasteiger partial charge in [-0.3, -0.25) is 0 Å². The second kappa shape index (κ2) is 6.71. The Morgan fingerprint density at radius 2 is 1.95 bits per heavy atom. The number of pyridine rings is 1. The van der Waals surface area contributed by atoms with Crippen LogP contribution in [0.2, 0.25) is 0 Å². The molecule has 6 nitrogen and oxygen atoms in total. The van der Waals surface area contributed by atoms with Crippen LogP contribution < -0.4 is 9.64 Å². The molecule has 0 aliphatic carbocycles. The van der Waals surface area contributed by atoms with Gasteiger partial charge in [0.25, 0.3) is 0 Å². The van der Waals surface area contributed by atoms with E-state index < -0.39 is 6.36 Å². The van der Waals surface area contributed by atoms with E-state index in [2.05, 4.69) is 9.72 Å². The number of alkyl halides is 3. The minimum absolute atomic E-state index is 0.321. The first kappa shape index (κ1) is 16.2. The molecule has 1 aliphatic heterocycles. The second-order valence-corrected chi connectivity index (χ2v) is 4.57. The lowest BCUT2D eigenvalue weighted by Gasteiger charge is -2.34. The number of carbonyl (C=O) groups is 1. The molecule has 1 saturated heterocycles. The van der Waals surface area contributed by atoms with E-state index in [9.17, 15) is 18.0 Å². The van der Waals surface area contributed by atoms with Gasteiger partial charge in [0, 0.05) is 26.2 Å². The fraction of sp³-hybridized carbons (Fsp3) is 0.538. The highest BCUT2D eigenvalue weighted by atomic mass is 19.4. The van der Waals surface area contributed by atoms with Gasteiger partial charge in [0.1, 0.15) is 11.6 Å². The van der Waals surface area contributed by atoms with Crippen LogP contribution in [0.25, 0.3) is 0 Å². The van der Waals surface area contributed by atoms with Crippen molar-refractivity contribution in [2.75, 3.05) is 37.7 Å². The van der Waals surface area contributed by atoms with E-state index in [0.717, 1.165) is 6.20 Å². The first-order valence-corrected chi connectivity index (χ1v) is 6.77. The molecule has 1 aliphatic rings. The number of anilines is 1. The Kier molecular flexibility index (Phi) is 4.94. The van der Waals surface area contributed by atoms with Crippen molar-refractivity contribution in [3.8, 4) is 5.75 Å². The lowest BCUT2D eigenvalue weighted by molar-refractivity contribution is -0.274. The van der Waals surface area contributed by atoms with Gasteiger partial charge in [0.15, 0.2) is 0 Å². The number of halogens is 3. The van der Waals surface area contributed by atoms with E-state index in [1.807, 2.05) is 4.90 Å². The number of piperazine rings is 1. The third-order valence-electron chi connectivity index (χ3n) is 3.08. The van der Waals surface area contributed by atoms with Crippen LogP contribution in [-0.4, -0.2) is 55.1 Å². The molecule has 0 bridgehead atoms. The van der Waals surface area contributed by atoms with Crippen LogP contribution >= 0.6 is 0 Å². The zero-order chi connectivity index (χ0) is 16.2. The number of carbonyl (C=O) groups excluding carboxylic acids is 1. The maximum atomic E-state index is 12.1. The first-order valence-electron chi connectivity index (χ1n) is 6.77. The van der Waals surface area contributed by atoms with Crippen molar-refractivity contribution in [2.24, 2.45) is 0 Å². The van der Waals surface area contributed by atoms with Crippen LogP contribution in [0.4, 0.5) is 23.8 Å². The number of rotatable bonds is 3. The lowest BCUT2D eigenvalue weighted by Crippen LogP contribution is -2.49. The van der Waals surface area contributed by atoms with Crippen LogP contribution in [0.1, 0.15) is 6.92 Å². The highest BCUT2D eigenvalue weighted by Crippen LogP contribution is 2.23. The SMILES string of the molecule is CCOC(=O)N1CCN(c2ccc(OC(F)(F)F)cn2)CC1. The quantitative estimate of drug-likeness (QED) is 0.855. The van der Waals surface area contributed by atoms with Crippen molar-refractivity contribution in [3.05, 3.63) is 18.3 Å². The average Bonchev–Trinajstić information content (AvgIpc) is 2.47. The summed E-state index contributed by atoms with van der Waals surface area (Å²) in [5.74, 6) is 0.180. The Hall–Kier alpha value is -2.19. The molecule has 2 heterocycles. The van der Waals surface area contributed by atoms with Crippen molar-refractivity contribution in [2.45, 2.75) is 13.3 Å². The summed E-state index contributed by atoms with van der Waals surface area (Å²) < 4.78 is 44.9. The summed E-state index contributed by atoms with van der Waals surface area (Å²) in [6.07, 6.45) is -4.06. The topological polar surface area (TPSA) is 54.9 Å². The van der Waals surface area contributed by atoms with Gasteiger partial charge in [-0.25, -0.2) is 9.78 Å². The van der Waals surface area contributed by atoms with E-state index in [1.54, 1.807) is 11.8 Å². The summed E-state index contributed by atoms with van der Waals surface area (Å²) in [4.78, 5) is 19.0. The second-order valence-electron chi connectivity index (χ2n) is 4.57. The minimum atomic E-state index is -4.73. The number of amides is 1. The highest BCUT2D eigenvalue weighted by molar-refractivity contribution is 5.68. The van der Waals surface area contributed by atoms with Crippen LogP contribution in [0, 0.1) is 0 Å². The number of hydrogen-bond acceptors (Lipinski definition) is 5. The Labute approximate surface area is 125 Å². The zero-order valence-corrected chi connectivity index (χ0v) is 12.0. The summed E-state index contributed by atoms with van der Waals surface area (Å²) in [6.45, 7) is 4.07. The Balaban J connectivity index is 1.90. The summed E-state index contributed by atoms with van der Waals surface area (Å²) in [5, 5.41) is 0. The molecule has 0 aromatic carbocycles.